The molecule has 0 bridgehead atoms. The van der Waals surface area contributed by atoms with Crippen molar-refractivity contribution in [3.63, 3.8) is 0 Å². The number of thiophene rings is 2. The van der Waals surface area contributed by atoms with Gasteiger partial charge in [-0.2, -0.15) is 17.6 Å². The van der Waals surface area contributed by atoms with Crippen LogP contribution in [0.4, 0.5) is 17.6 Å². The maximum atomic E-state index is 12.5. The van der Waals surface area contributed by atoms with Gasteiger partial charge in [0.25, 0.3) is 11.8 Å². The van der Waals surface area contributed by atoms with Gasteiger partial charge in [0, 0.05) is 12.6 Å². The van der Waals surface area contributed by atoms with Gasteiger partial charge in [-0.25, -0.2) is 0 Å². The lowest BCUT2D eigenvalue weighted by molar-refractivity contribution is -0.0506. The highest BCUT2D eigenvalue weighted by Crippen LogP contribution is 2.34. The maximum absolute atomic E-state index is 12.5. The molecule has 1 aliphatic carbocycles. The van der Waals surface area contributed by atoms with E-state index in [9.17, 15) is 27.2 Å². The minimum absolute atomic E-state index is 0.00273. The van der Waals surface area contributed by atoms with Crippen molar-refractivity contribution in [1.29, 1.82) is 0 Å². The fourth-order valence-electron chi connectivity index (χ4n) is 2.65. The van der Waals surface area contributed by atoms with Crippen molar-refractivity contribution < 1.29 is 36.6 Å². The predicted molar refractivity (Wildman–Crippen MR) is 98.2 cm³/mol. The highest BCUT2D eigenvalue weighted by Gasteiger charge is 2.34. The highest BCUT2D eigenvalue weighted by atomic mass is 32.1. The van der Waals surface area contributed by atoms with E-state index in [1.54, 1.807) is 0 Å². The molecule has 3 rings (SSSR count). The second-order valence-corrected chi connectivity index (χ2v) is 7.94. The average Bonchev–Trinajstić information content (AvgIpc) is 3.22. The summed E-state index contributed by atoms with van der Waals surface area (Å²) in [7, 11) is 0. The van der Waals surface area contributed by atoms with Gasteiger partial charge in [-0.05, 0) is 41.7 Å². The monoisotopic (exact) mass is 452 g/mol. The third kappa shape index (κ3) is 5.82. The fraction of sp³-hybridized carbons (Fsp3) is 0.412. The van der Waals surface area contributed by atoms with Crippen molar-refractivity contribution in [1.82, 2.24) is 10.6 Å². The summed E-state index contributed by atoms with van der Waals surface area (Å²) in [5, 5.41) is 8.24. The molecule has 2 N–H and O–H groups in total. The van der Waals surface area contributed by atoms with Gasteiger partial charge in [0.05, 0.1) is 0 Å². The Morgan fingerprint density at radius 1 is 0.966 bits per heavy atom. The number of halogens is 4. The molecule has 1 unspecified atom stereocenters. The van der Waals surface area contributed by atoms with Gasteiger partial charge in [-0.1, -0.05) is 0 Å². The van der Waals surface area contributed by atoms with E-state index < -0.39 is 31.1 Å². The Balaban J connectivity index is 1.60. The molecule has 0 aliphatic heterocycles. The lowest BCUT2D eigenvalue weighted by atomic mass is 10.1. The molecule has 0 saturated heterocycles. The number of alkyl halides is 4. The second-order valence-electron chi connectivity index (χ2n) is 6.11. The van der Waals surface area contributed by atoms with Crippen molar-refractivity contribution in [2.75, 3.05) is 6.54 Å². The molecule has 2 amide bonds. The lowest BCUT2D eigenvalue weighted by Gasteiger charge is -2.19. The van der Waals surface area contributed by atoms with Crippen LogP contribution in [0.5, 0.6) is 11.5 Å². The zero-order valence-corrected chi connectivity index (χ0v) is 16.3. The molecule has 12 heteroatoms. The van der Waals surface area contributed by atoms with E-state index in [1.165, 1.54) is 22.9 Å². The normalized spacial score (nSPS) is 14.7. The third-order valence-corrected chi connectivity index (χ3v) is 5.88. The number of amides is 2. The zero-order valence-electron chi connectivity index (χ0n) is 14.7. The van der Waals surface area contributed by atoms with Crippen molar-refractivity contribution in [2.24, 2.45) is 5.92 Å². The fourth-order valence-corrected chi connectivity index (χ4v) is 4.12. The molecule has 0 spiro atoms. The van der Waals surface area contributed by atoms with Gasteiger partial charge in [0.2, 0.25) is 0 Å². The van der Waals surface area contributed by atoms with E-state index in [4.69, 9.17) is 0 Å². The van der Waals surface area contributed by atoms with Gasteiger partial charge in [-0.3, -0.25) is 9.59 Å². The largest absolute Gasteiger partial charge is 0.433 e. The quantitative estimate of drug-likeness (QED) is 0.536. The zero-order chi connectivity index (χ0) is 21.0. The minimum Gasteiger partial charge on any atom is -0.433 e. The Bertz CT molecular complexity index is 854. The number of nitrogens with one attached hydrogen (secondary N) is 2. The first kappa shape index (κ1) is 21.4. The molecular weight excluding hydrogens is 436 g/mol. The summed E-state index contributed by atoms with van der Waals surface area (Å²) in [4.78, 5) is 24.8. The molecular formula is C17H16F4N2O4S2. The Kier molecular flexibility index (Phi) is 6.96. The molecule has 1 saturated carbocycles. The SMILES string of the molecule is O=C(NCC(NC(=O)c1sccc1OC(F)F)C1CC1)c1sccc1OC(F)F. The number of ether oxygens (including phenoxy) is 2. The Morgan fingerprint density at radius 3 is 1.97 bits per heavy atom. The van der Waals surface area contributed by atoms with Crippen molar-refractivity contribution in [3.05, 3.63) is 32.6 Å². The first-order valence-electron chi connectivity index (χ1n) is 8.48. The average molecular weight is 452 g/mol. The maximum Gasteiger partial charge on any atom is 0.387 e. The summed E-state index contributed by atoms with van der Waals surface area (Å²) in [6, 6.07) is 2.11. The van der Waals surface area contributed by atoms with Gasteiger partial charge >= 0.3 is 13.2 Å². The third-order valence-electron chi connectivity index (χ3n) is 4.09. The van der Waals surface area contributed by atoms with E-state index >= 15 is 0 Å². The van der Waals surface area contributed by atoms with Gasteiger partial charge in [0.1, 0.15) is 21.3 Å². The lowest BCUT2D eigenvalue weighted by Crippen LogP contribution is -2.45. The number of carbonyl (C=O) groups excluding carboxylic acids is 2. The molecule has 0 radical (unpaired) electrons. The number of carbonyl (C=O) groups is 2. The predicted octanol–water partition coefficient (Wildman–Crippen LogP) is 3.95. The number of hydrogen-bond donors (Lipinski definition) is 2. The summed E-state index contributed by atoms with van der Waals surface area (Å²) in [5.74, 6) is -1.50. The van der Waals surface area contributed by atoms with E-state index in [2.05, 4.69) is 20.1 Å². The first-order chi connectivity index (χ1) is 13.8. The molecule has 6 nitrogen and oxygen atoms in total. The molecule has 1 fully saturated rings. The van der Waals surface area contributed by atoms with Crippen LogP contribution in [0, 0.1) is 5.92 Å². The minimum atomic E-state index is -3.05. The number of hydrogen-bond acceptors (Lipinski definition) is 6. The highest BCUT2D eigenvalue weighted by molar-refractivity contribution is 7.12. The summed E-state index contributed by atoms with van der Waals surface area (Å²) in [6.45, 7) is -6.05. The van der Waals surface area contributed by atoms with Crippen LogP contribution in [-0.2, 0) is 0 Å². The molecule has 158 valence electrons. The molecule has 0 aromatic carbocycles. The molecule has 29 heavy (non-hydrogen) atoms. The molecule has 1 atom stereocenters. The van der Waals surface area contributed by atoms with E-state index in [0.29, 0.717) is 0 Å². The van der Waals surface area contributed by atoms with E-state index in [1.807, 2.05) is 0 Å². The van der Waals surface area contributed by atoms with Crippen molar-refractivity contribution in [3.8, 4) is 11.5 Å². The second kappa shape index (κ2) is 9.44. The first-order valence-corrected chi connectivity index (χ1v) is 10.2. The summed E-state index contributed by atoms with van der Waals surface area (Å²) < 4.78 is 58.3. The van der Waals surface area contributed by atoms with Crippen molar-refractivity contribution in [2.45, 2.75) is 32.1 Å². The Morgan fingerprint density at radius 2 is 1.48 bits per heavy atom. The molecule has 2 heterocycles. The van der Waals surface area contributed by atoms with Gasteiger partial charge in [-0.15, -0.1) is 22.7 Å². The Labute approximate surface area is 170 Å². The standard InChI is InChI=1S/C17H16F4N2O4S2/c18-16(19)26-10-3-5-28-12(10)14(24)22-7-9(8-1-2-8)23-15(25)13-11(4-6-29-13)27-17(20)21/h3-6,8-9,16-17H,1-2,7H2,(H,22,24)(H,23,25). The summed E-state index contributed by atoms with van der Waals surface area (Å²) >= 11 is 1.91. The summed E-state index contributed by atoms with van der Waals surface area (Å²) in [6.07, 6.45) is 1.68. The van der Waals surface area contributed by atoms with Crippen LogP contribution in [0.2, 0.25) is 0 Å². The topological polar surface area (TPSA) is 76.7 Å². The van der Waals surface area contributed by atoms with Crippen LogP contribution in [0.1, 0.15) is 32.2 Å². The molecule has 2 aromatic heterocycles. The van der Waals surface area contributed by atoms with Crippen LogP contribution in [0.3, 0.4) is 0 Å². The van der Waals surface area contributed by atoms with Crippen molar-refractivity contribution >= 4 is 34.5 Å². The van der Waals surface area contributed by atoms with Gasteiger partial charge in [0.15, 0.2) is 0 Å². The van der Waals surface area contributed by atoms with Crippen LogP contribution >= 0.6 is 22.7 Å². The van der Waals surface area contributed by atoms with Crippen LogP contribution in [0.25, 0.3) is 0 Å². The van der Waals surface area contributed by atoms with Crippen LogP contribution in [-0.4, -0.2) is 37.6 Å². The van der Waals surface area contributed by atoms with E-state index in [0.717, 1.165) is 35.5 Å². The Hall–Kier alpha value is -2.34. The summed E-state index contributed by atoms with van der Waals surface area (Å²) in [5.41, 5.74) is 0. The molecule has 1 aliphatic rings. The smallest absolute Gasteiger partial charge is 0.387 e. The van der Waals surface area contributed by atoms with E-state index in [-0.39, 0.29) is 33.7 Å². The van der Waals surface area contributed by atoms with Crippen LogP contribution in [0.15, 0.2) is 22.9 Å². The van der Waals surface area contributed by atoms with Crippen LogP contribution < -0.4 is 20.1 Å². The van der Waals surface area contributed by atoms with Gasteiger partial charge < -0.3 is 20.1 Å². The molecule has 2 aromatic rings. The number of rotatable bonds is 10.